The first-order valence-electron chi connectivity index (χ1n) is 7.00. The van der Waals surface area contributed by atoms with Gasteiger partial charge in [-0.2, -0.15) is 0 Å². The van der Waals surface area contributed by atoms with E-state index in [4.69, 9.17) is 4.74 Å². The highest BCUT2D eigenvalue weighted by Crippen LogP contribution is 2.17. The maximum atomic E-state index is 11.8. The van der Waals surface area contributed by atoms with E-state index >= 15 is 0 Å². The van der Waals surface area contributed by atoms with Crippen molar-refractivity contribution in [1.29, 1.82) is 0 Å². The van der Waals surface area contributed by atoms with Gasteiger partial charge in [0, 0.05) is 12.6 Å². The van der Waals surface area contributed by atoms with Crippen LogP contribution in [0, 0.1) is 0 Å². The number of carbonyl (C=O) groups excluding carboxylic acids is 1. The third-order valence-corrected chi connectivity index (χ3v) is 3.37. The lowest BCUT2D eigenvalue weighted by Crippen LogP contribution is -2.47. The van der Waals surface area contributed by atoms with Crippen LogP contribution in [0.25, 0.3) is 0 Å². The van der Waals surface area contributed by atoms with Crippen LogP contribution in [-0.4, -0.2) is 31.6 Å². The molecule has 1 unspecified atom stereocenters. The van der Waals surface area contributed by atoms with Gasteiger partial charge in [-0.3, -0.25) is 4.79 Å². The zero-order chi connectivity index (χ0) is 13.5. The number of aryl methyl sites for hydroxylation is 1. The van der Waals surface area contributed by atoms with E-state index in [2.05, 4.69) is 17.6 Å². The van der Waals surface area contributed by atoms with Crippen LogP contribution in [0.15, 0.2) is 24.3 Å². The molecule has 1 aromatic rings. The van der Waals surface area contributed by atoms with Gasteiger partial charge in [0.15, 0.2) is 6.61 Å². The Hall–Kier alpha value is -1.26. The lowest BCUT2D eigenvalue weighted by atomic mass is 10.1. The number of para-hydroxylation sites is 1. The monoisotopic (exact) mass is 298 g/mol. The molecule has 0 saturated carbocycles. The van der Waals surface area contributed by atoms with Crippen molar-refractivity contribution in [2.45, 2.75) is 32.2 Å². The molecular weight excluding hydrogens is 276 g/mol. The normalized spacial score (nSPS) is 17.9. The lowest BCUT2D eigenvalue weighted by Gasteiger charge is -2.23. The van der Waals surface area contributed by atoms with Crippen molar-refractivity contribution in [2.24, 2.45) is 0 Å². The zero-order valence-electron chi connectivity index (χ0n) is 11.9. The summed E-state index contributed by atoms with van der Waals surface area (Å²) >= 11 is 0. The average molecular weight is 299 g/mol. The summed E-state index contributed by atoms with van der Waals surface area (Å²) < 4.78 is 5.60. The van der Waals surface area contributed by atoms with Crippen LogP contribution in [0.5, 0.6) is 5.75 Å². The van der Waals surface area contributed by atoms with Crippen molar-refractivity contribution in [2.75, 3.05) is 19.7 Å². The summed E-state index contributed by atoms with van der Waals surface area (Å²) in [6, 6.07) is 8.09. The van der Waals surface area contributed by atoms with E-state index in [1.165, 1.54) is 0 Å². The molecule has 0 radical (unpaired) electrons. The van der Waals surface area contributed by atoms with Gasteiger partial charge in [-0.05, 0) is 37.4 Å². The Labute approximate surface area is 126 Å². The molecule has 0 bridgehead atoms. The van der Waals surface area contributed by atoms with Crippen molar-refractivity contribution >= 4 is 18.3 Å². The zero-order valence-corrected chi connectivity index (χ0v) is 12.7. The van der Waals surface area contributed by atoms with Crippen LogP contribution in [0.4, 0.5) is 0 Å². The van der Waals surface area contributed by atoms with Gasteiger partial charge in [0.1, 0.15) is 5.75 Å². The number of hydrogen-bond donors (Lipinski definition) is 2. The standard InChI is InChI=1S/C15H22N2O2.ClH/c1-2-12-6-3-4-8-14(12)19-11-15(18)17-13-7-5-9-16-10-13;/h3-4,6,8,13,16H,2,5,7,9-11H2,1H3,(H,17,18);1H. The van der Waals surface area contributed by atoms with Gasteiger partial charge >= 0.3 is 0 Å². The Morgan fingerprint density at radius 2 is 2.25 bits per heavy atom. The summed E-state index contributed by atoms with van der Waals surface area (Å²) in [5.74, 6) is 0.765. The number of nitrogens with one attached hydrogen (secondary N) is 2. The molecule has 0 aromatic heterocycles. The summed E-state index contributed by atoms with van der Waals surface area (Å²) in [6.07, 6.45) is 3.07. The Morgan fingerprint density at radius 3 is 2.95 bits per heavy atom. The maximum Gasteiger partial charge on any atom is 0.258 e. The molecule has 1 aliphatic heterocycles. The molecular formula is C15H23ClN2O2. The number of benzene rings is 1. The molecule has 2 N–H and O–H groups in total. The number of hydrogen-bond acceptors (Lipinski definition) is 3. The SMILES string of the molecule is CCc1ccccc1OCC(=O)NC1CCCNC1.Cl. The Bertz CT molecular complexity index is 420. The highest BCUT2D eigenvalue weighted by atomic mass is 35.5. The van der Waals surface area contributed by atoms with Gasteiger partial charge in [0.25, 0.3) is 5.91 Å². The van der Waals surface area contributed by atoms with Crippen molar-refractivity contribution in [3.63, 3.8) is 0 Å². The molecule has 112 valence electrons. The van der Waals surface area contributed by atoms with Crippen LogP contribution in [0.1, 0.15) is 25.3 Å². The fourth-order valence-corrected chi connectivity index (χ4v) is 2.32. The predicted octanol–water partition coefficient (Wildman–Crippen LogP) is 1.92. The molecule has 1 saturated heterocycles. The maximum absolute atomic E-state index is 11.8. The van der Waals surface area contributed by atoms with Crippen LogP contribution in [-0.2, 0) is 11.2 Å². The van der Waals surface area contributed by atoms with Crippen molar-refractivity contribution in [3.05, 3.63) is 29.8 Å². The van der Waals surface area contributed by atoms with Gasteiger partial charge in [-0.25, -0.2) is 0 Å². The highest BCUT2D eigenvalue weighted by molar-refractivity contribution is 5.85. The molecule has 20 heavy (non-hydrogen) atoms. The van der Waals surface area contributed by atoms with Crippen LogP contribution < -0.4 is 15.4 Å². The second-order valence-electron chi connectivity index (χ2n) is 4.86. The van der Waals surface area contributed by atoms with E-state index in [1.54, 1.807) is 0 Å². The van der Waals surface area contributed by atoms with Crippen molar-refractivity contribution < 1.29 is 9.53 Å². The summed E-state index contributed by atoms with van der Waals surface area (Å²) in [7, 11) is 0. The van der Waals surface area contributed by atoms with E-state index in [1.807, 2.05) is 24.3 Å². The molecule has 4 nitrogen and oxygen atoms in total. The summed E-state index contributed by atoms with van der Waals surface area (Å²) in [4.78, 5) is 11.8. The van der Waals surface area contributed by atoms with Crippen LogP contribution in [0.3, 0.4) is 0 Å². The second-order valence-corrected chi connectivity index (χ2v) is 4.86. The topological polar surface area (TPSA) is 50.4 Å². The molecule has 1 amide bonds. The van der Waals surface area contributed by atoms with Gasteiger partial charge in [-0.15, -0.1) is 12.4 Å². The minimum Gasteiger partial charge on any atom is -0.483 e. The summed E-state index contributed by atoms with van der Waals surface area (Å²) in [5, 5.41) is 6.28. The minimum atomic E-state index is -0.0420. The average Bonchev–Trinajstić information content (AvgIpc) is 2.46. The molecule has 0 spiro atoms. The first-order valence-corrected chi connectivity index (χ1v) is 7.00. The Morgan fingerprint density at radius 1 is 1.45 bits per heavy atom. The molecule has 2 rings (SSSR count). The molecule has 1 heterocycles. The molecule has 1 aliphatic rings. The van der Waals surface area contributed by atoms with E-state index in [0.29, 0.717) is 0 Å². The fraction of sp³-hybridized carbons (Fsp3) is 0.533. The van der Waals surface area contributed by atoms with Gasteiger partial charge in [-0.1, -0.05) is 25.1 Å². The summed E-state index contributed by atoms with van der Waals surface area (Å²) in [6.45, 7) is 4.08. The van der Waals surface area contributed by atoms with E-state index < -0.39 is 0 Å². The quantitative estimate of drug-likeness (QED) is 0.873. The number of rotatable bonds is 5. The van der Waals surface area contributed by atoms with Crippen molar-refractivity contribution in [1.82, 2.24) is 10.6 Å². The first-order chi connectivity index (χ1) is 9.29. The van der Waals surface area contributed by atoms with Crippen LogP contribution >= 0.6 is 12.4 Å². The minimum absolute atomic E-state index is 0. The fourth-order valence-electron chi connectivity index (χ4n) is 2.32. The van der Waals surface area contributed by atoms with Crippen molar-refractivity contribution in [3.8, 4) is 5.75 Å². The lowest BCUT2D eigenvalue weighted by molar-refractivity contribution is -0.123. The van der Waals surface area contributed by atoms with E-state index in [-0.39, 0.29) is 31.0 Å². The molecule has 0 aliphatic carbocycles. The smallest absolute Gasteiger partial charge is 0.258 e. The van der Waals surface area contributed by atoms with E-state index in [9.17, 15) is 4.79 Å². The molecule has 5 heteroatoms. The largest absolute Gasteiger partial charge is 0.483 e. The van der Waals surface area contributed by atoms with Gasteiger partial charge in [0.2, 0.25) is 0 Å². The number of carbonyl (C=O) groups is 1. The molecule has 1 aromatic carbocycles. The number of piperidine rings is 1. The second kappa shape index (κ2) is 8.82. The summed E-state index contributed by atoms with van der Waals surface area (Å²) in [5.41, 5.74) is 1.13. The Balaban J connectivity index is 0.00000200. The first kappa shape index (κ1) is 16.8. The van der Waals surface area contributed by atoms with Gasteiger partial charge in [0.05, 0.1) is 0 Å². The number of ether oxygens (including phenoxy) is 1. The molecule has 1 atom stereocenters. The Kier molecular flexibility index (Phi) is 7.41. The van der Waals surface area contributed by atoms with Crippen LogP contribution in [0.2, 0.25) is 0 Å². The molecule has 1 fully saturated rings. The highest BCUT2D eigenvalue weighted by Gasteiger charge is 2.15. The third-order valence-electron chi connectivity index (χ3n) is 3.37. The van der Waals surface area contributed by atoms with E-state index in [0.717, 1.165) is 43.7 Å². The third kappa shape index (κ3) is 5.02. The predicted molar refractivity (Wildman–Crippen MR) is 82.6 cm³/mol. The number of amides is 1. The van der Waals surface area contributed by atoms with Gasteiger partial charge < -0.3 is 15.4 Å². The number of halogens is 1.